The minimum Gasteiger partial charge on any atom is -0.469 e. The molecular weight excluding hydrogens is 358 g/mol. The Morgan fingerprint density at radius 3 is 1.93 bits per heavy atom. The minimum absolute atomic E-state index is 0.138. The molecule has 3 aromatic carbocycles. The summed E-state index contributed by atoms with van der Waals surface area (Å²) in [7, 11) is 1.47. The van der Waals surface area contributed by atoms with E-state index in [0.29, 0.717) is 12.8 Å². The Hall–Kier alpha value is -3.46. The van der Waals surface area contributed by atoms with Gasteiger partial charge >= 0.3 is 5.97 Å². The van der Waals surface area contributed by atoms with E-state index in [1.165, 1.54) is 40.3 Å². The van der Waals surface area contributed by atoms with Crippen molar-refractivity contribution in [3.8, 4) is 22.3 Å². The first-order valence-corrected chi connectivity index (χ1v) is 9.88. The first kappa shape index (κ1) is 17.6. The highest BCUT2D eigenvalue weighted by atomic mass is 16.5. The van der Waals surface area contributed by atoms with Crippen LogP contribution < -0.4 is 0 Å². The molecule has 1 heterocycles. The zero-order valence-electron chi connectivity index (χ0n) is 16.3. The van der Waals surface area contributed by atoms with Gasteiger partial charge in [0, 0.05) is 17.8 Å². The molecule has 0 fully saturated rings. The Labute approximate surface area is 170 Å². The summed E-state index contributed by atoms with van der Waals surface area (Å²) in [5.74, 6) is -0.286. The van der Waals surface area contributed by atoms with Crippen molar-refractivity contribution in [3.63, 3.8) is 0 Å². The monoisotopic (exact) mass is 379 g/mol. The second kappa shape index (κ2) is 7.17. The summed E-state index contributed by atoms with van der Waals surface area (Å²) in [5, 5.41) is 2.30. The molecule has 0 amide bonds. The largest absolute Gasteiger partial charge is 0.469 e. The van der Waals surface area contributed by atoms with E-state index in [4.69, 9.17) is 4.74 Å². The highest BCUT2D eigenvalue weighted by Gasteiger charge is 2.34. The zero-order chi connectivity index (χ0) is 19.8. The van der Waals surface area contributed by atoms with Crippen LogP contribution in [0.25, 0.3) is 33.0 Å². The summed E-state index contributed by atoms with van der Waals surface area (Å²) in [4.78, 5) is 16.9. The normalized spacial score (nSPS) is 15.3. The number of methoxy groups -OCH3 is 1. The van der Waals surface area contributed by atoms with E-state index in [2.05, 4.69) is 59.6 Å². The van der Waals surface area contributed by atoms with E-state index in [0.717, 1.165) is 10.9 Å². The van der Waals surface area contributed by atoms with Gasteiger partial charge in [-0.15, -0.1) is 0 Å². The van der Waals surface area contributed by atoms with Crippen LogP contribution in [-0.4, -0.2) is 18.1 Å². The third-order valence-corrected chi connectivity index (χ3v) is 5.89. The molecule has 1 aliphatic carbocycles. The van der Waals surface area contributed by atoms with Crippen molar-refractivity contribution in [3.05, 3.63) is 90.3 Å². The van der Waals surface area contributed by atoms with Crippen molar-refractivity contribution >= 4 is 16.7 Å². The molecule has 1 atom stereocenters. The Bertz CT molecular complexity index is 1110. The van der Waals surface area contributed by atoms with Gasteiger partial charge in [0.1, 0.15) is 0 Å². The summed E-state index contributed by atoms with van der Waals surface area (Å²) < 4.78 is 5.10. The molecule has 4 aromatic rings. The summed E-state index contributed by atoms with van der Waals surface area (Å²) in [6, 6.07) is 22.9. The van der Waals surface area contributed by atoms with Crippen molar-refractivity contribution in [1.82, 2.24) is 4.98 Å². The molecule has 0 radical (unpaired) electrons. The zero-order valence-corrected chi connectivity index (χ0v) is 16.3. The van der Waals surface area contributed by atoms with Crippen molar-refractivity contribution in [2.24, 2.45) is 5.92 Å². The predicted molar refractivity (Wildman–Crippen MR) is 116 cm³/mol. The SMILES string of the molecule is COC(=O)C1Cc2c(c(-c3ccccc3)c3cnccc3c2-c2ccccc2)C1. The third-order valence-electron chi connectivity index (χ3n) is 5.89. The first-order valence-electron chi connectivity index (χ1n) is 9.88. The number of aromatic nitrogens is 1. The third kappa shape index (κ3) is 2.90. The smallest absolute Gasteiger partial charge is 0.309 e. The van der Waals surface area contributed by atoms with Crippen LogP contribution in [0.4, 0.5) is 0 Å². The molecule has 1 aliphatic rings. The number of pyridine rings is 1. The van der Waals surface area contributed by atoms with Crippen LogP contribution in [0.2, 0.25) is 0 Å². The Morgan fingerprint density at radius 1 is 0.828 bits per heavy atom. The quantitative estimate of drug-likeness (QED) is 0.444. The Morgan fingerprint density at radius 2 is 1.38 bits per heavy atom. The molecule has 0 aliphatic heterocycles. The highest BCUT2D eigenvalue weighted by Crippen LogP contribution is 2.46. The molecule has 0 N–H and O–H groups in total. The molecule has 5 rings (SSSR count). The maximum absolute atomic E-state index is 12.4. The van der Waals surface area contributed by atoms with E-state index >= 15 is 0 Å². The molecule has 29 heavy (non-hydrogen) atoms. The van der Waals surface area contributed by atoms with Gasteiger partial charge in [-0.2, -0.15) is 0 Å². The minimum atomic E-state index is -0.148. The number of hydrogen-bond acceptors (Lipinski definition) is 3. The number of esters is 1. The lowest BCUT2D eigenvalue weighted by Crippen LogP contribution is -2.16. The van der Waals surface area contributed by atoms with Gasteiger partial charge < -0.3 is 4.74 Å². The lowest BCUT2D eigenvalue weighted by atomic mass is 9.85. The van der Waals surface area contributed by atoms with Gasteiger partial charge in [0.25, 0.3) is 0 Å². The van der Waals surface area contributed by atoms with Crippen LogP contribution in [0.15, 0.2) is 79.1 Å². The fourth-order valence-corrected chi connectivity index (χ4v) is 4.66. The van der Waals surface area contributed by atoms with Crippen LogP contribution in [-0.2, 0) is 22.4 Å². The van der Waals surface area contributed by atoms with E-state index in [-0.39, 0.29) is 11.9 Å². The molecule has 0 spiro atoms. The molecule has 1 aromatic heterocycles. The van der Waals surface area contributed by atoms with Crippen LogP contribution in [0.1, 0.15) is 11.1 Å². The standard InChI is InChI=1S/C26H21NO2/c1-29-26(28)19-14-21-22(15-19)25(18-10-6-3-7-11-18)23-16-27-13-12-20(23)24(21)17-8-4-2-5-9-17/h2-13,16,19H,14-15H2,1H3. The van der Waals surface area contributed by atoms with Gasteiger partial charge in [0.15, 0.2) is 0 Å². The topological polar surface area (TPSA) is 39.2 Å². The molecule has 0 bridgehead atoms. The second-order valence-electron chi connectivity index (χ2n) is 7.49. The number of hydrogen-bond donors (Lipinski definition) is 0. The van der Waals surface area contributed by atoms with E-state index in [1.54, 1.807) is 0 Å². The number of carbonyl (C=O) groups is 1. The molecular formula is C26H21NO2. The van der Waals surface area contributed by atoms with Gasteiger partial charge in [0.2, 0.25) is 0 Å². The molecule has 3 nitrogen and oxygen atoms in total. The average Bonchev–Trinajstić information content (AvgIpc) is 3.22. The van der Waals surface area contributed by atoms with Gasteiger partial charge in [-0.05, 0) is 57.7 Å². The number of benzene rings is 3. The molecule has 142 valence electrons. The Balaban J connectivity index is 1.87. The van der Waals surface area contributed by atoms with E-state index < -0.39 is 0 Å². The number of nitrogens with zero attached hydrogens (tertiary/aromatic N) is 1. The van der Waals surface area contributed by atoms with Crippen LogP contribution in [0.5, 0.6) is 0 Å². The van der Waals surface area contributed by atoms with Crippen molar-refractivity contribution in [2.45, 2.75) is 12.8 Å². The molecule has 0 saturated carbocycles. The number of ether oxygens (including phenoxy) is 1. The summed E-state index contributed by atoms with van der Waals surface area (Å²) in [6.07, 6.45) is 5.19. The average molecular weight is 379 g/mol. The van der Waals surface area contributed by atoms with Crippen LogP contribution >= 0.6 is 0 Å². The highest BCUT2D eigenvalue weighted by molar-refractivity contribution is 6.08. The van der Waals surface area contributed by atoms with E-state index in [9.17, 15) is 4.79 Å². The van der Waals surface area contributed by atoms with Crippen LogP contribution in [0.3, 0.4) is 0 Å². The summed E-state index contributed by atoms with van der Waals surface area (Å²) >= 11 is 0. The molecule has 3 heteroatoms. The lowest BCUT2D eigenvalue weighted by Gasteiger charge is -2.18. The van der Waals surface area contributed by atoms with Gasteiger partial charge in [-0.1, -0.05) is 60.7 Å². The van der Waals surface area contributed by atoms with Crippen LogP contribution in [0, 0.1) is 5.92 Å². The van der Waals surface area contributed by atoms with Gasteiger partial charge in [-0.25, -0.2) is 0 Å². The maximum Gasteiger partial charge on any atom is 0.309 e. The fourth-order valence-electron chi connectivity index (χ4n) is 4.66. The number of carbonyl (C=O) groups excluding carboxylic acids is 1. The summed E-state index contributed by atoms with van der Waals surface area (Å²) in [6.45, 7) is 0. The van der Waals surface area contributed by atoms with E-state index in [1.807, 2.05) is 24.5 Å². The summed E-state index contributed by atoms with van der Waals surface area (Å²) in [5.41, 5.74) is 7.23. The second-order valence-corrected chi connectivity index (χ2v) is 7.49. The van der Waals surface area contributed by atoms with Gasteiger partial charge in [-0.3, -0.25) is 9.78 Å². The predicted octanol–water partition coefficient (Wildman–Crippen LogP) is 5.46. The van der Waals surface area contributed by atoms with Crippen molar-refractivity contribution in [1.29, 1.82) is 0 Å². The maximum atomic E-state index is 12.4. The number of fused-ring (bicyclic) bond motifs is 2. The first-order chi connectivity index (χ1) is 14.3. The Kier molecular flexibility index (Phi) is 4.36. The lowest BCUT2D eigenvalue weighted by molar-refractivity contribution is -0.145. The fraction of sp³-hybridized carbons (Fsp3) is 0.154. The molecule has 1 unspecified atom stereocenters. The number of rotatable bonds is 3. The van der Waals surface area contributed by atoms with Crippen molar-refractivity contribution < 1.29 is 9.53 Å². The van der Waals surface area contributed by atoms with Crippen molar-refractivity contribution in [2.75, 3.05) is 7.11 Å². The molecule has 0 saturated heterocycles. The van der Waals surface area contributed by atoms with Gasteiger partial charge in [0.05, 0.1) is 13.0 Å².